The molecule has 0 radical (unpaired) electrons. The van der Waals surface area contributed by atoms with Crippen LogP contribution in [-0.4, -0.2) is 78.9 Å². The van der Waals surface area contributed by atoms with E-state index in [1.165, 1.54) is 12.1 Å². The number of hydrogen-bond acceptors (Lipinski definition) is 11. The van der Waals surface area contributed by atoms with Gasteiger partial charge in [0.25, 0.3) is 0 Å². The topological polar surface area (TPSA) is 194 Å². The largest absolute Gasteiger partial charge is 0.382 e. The monoisotopic (exact) mass is 602 g/mol. The third-order valence-electron chi connectivity index (χ3n) is 7.73. The molecule has 218 valence electrons. The molecular weight excluding hydrogens is 572 g/mol. The summed E-state index contributed by atoms with van der Waals surface area (Å²) in [5, 5.41) is 6.46. The van der Waals surface area contributed by atoms with Crippen LogP contribution >= 0.6 is 11.6 Å². The molecule has 0 saturated carbocycles. The molecule has 5 rings (SSSR count). The van der Waals surface area contributed by atoms with Crippen molar-refractivity contribution >= 4 is 56.4 Å². The summed E-state index contributed by atoms with van der Waals surface area (Å²) >= 11 is 5.88. The van der Waals surface area contributed by atoms with Crippen LogP contribution in [0.1, 0.15) is 41.7 Å². The highest BCUT2D eigenvalue weighted by Gasteiger charge is 2.40. The fraction of sp³-hybridized carbons (Fsp3) is 0.423. The Morgan fingerprint density at radius 3 is 2.49 bits per heavy atom. The average molecular weight is 603 g/mol. The Balaban J connectivity index is 1.12. The van der Waals surface area contributed by atoms with Crippen LogP contribution < -0.4 is 27.0 Å². The van der Waals surface area contributed by atoms with Gasteiger partial charge in [-0.05, 0) is 43.0 Å². The van der Waals surface area contributed by atoms with Crippen molar-refractivity contribution in [3.63, 3.8) is 0 Å². The van der Waals surface area contributed by atoms with Crippen LogP contribution in [0.25, 0.3) is 0 Å². The van der Waals surface area contributed by atoms with Crippen LogP contribution in [0, 0.1) is 0 Å². The number of likely N-dealkylation sites (tertiary alicyclic amines) is 1. The van der Waals surface area contributed by atoms with Crippen LogP contribution in [0.2, 0.25) is 5.15 Å². The number of nitrogen functional groups attached to an aromatic ring is 2. The summed E-state index contributed by atoms with van der Waals surface area (Å²) in [5.41, 5.74) is 12.5. The molecule has 15 heteroatoms. The Kier molecular flexibility index (Phi) is 7.55. The summed E-state index contributed by atoms with van der Waals surface area (Å²) < 4.78 is 23.7. The molecule has 2 fully saturated rings. The Bertz CT molecular complexity index is 1570. The molecule has 6 N–H and O–H groups in total. The number of allylic oxidation sites excluding steroid dienone is 1. The van der Waals surface area contributed by atoms with Gasteiger partial charge in [-0.1, -0.05) is 11.6 Å². The number of amides is 2. The highest BCUT2D eigenvalue weighted by molar-refractivity contribution is 7.90. The van der Waals surface area contributed by atoms with Gasteiger partial charge in [-0.3, -0.25) is 14.4 Å². The first kappa shape index (κ1) is 28.6. The van der Waals surface area contributed by atoms with Crippen molar-refractivity contribution in [3.05, 3.63) is 46.5 Å². The second kappa shape index (κ2) is 10.8. The number of halogens is 1. The highest BCUT2D eigenvalue weighted by Crippen LogP contribution is 2.31. The van der Waals surface area contributed by atoms with E-state index in [0.717, 1.165) is 11.8 Å². The van der Waals surface area contributed by atoms with Gasteiger partial charge in [0.05, 0.1) is 10.4 Å². The number of hydrogen-bond donors (Lipinski definition) is 4. The van der Waals surface area contributed by atoms with Gasteiger partial charge < -0.3 is 31.9 Å². The SMILES string of the molecule is CS(=O)(=O)c1ccc2c(c1)CCN2C(=O)CCC(=O)N1CCC2(CC1)CN/C(=C\C(=O)c1nc(Cl)c(N)nc1N)N2. The number of sulfone groups is 1. The molecule has 1 aromatic heterocycles. The number of nitrogens with one attached hydrogen (secondary N) is 2. The van der Waals surface area contributed by atoms with E-state index in [1.54, 1.807) is 21.9 Å². The molecule has 0 bridgehead atoms. The van der Waals surface area contributed by atoms with Gasteiger partial charge in [0.1, 0.15) is 5.82 Å². The first-order valence-corrected chi connectivity index (χ1v) is 15.4. The third kappa shape index (κ3) is 5.93. The van der Waals surface area contributed by atoms with Crippen molar-refractivity contribution in [3.8, 4) is 0 Å². The maximum atomic E-state index is 12.9. The number of fused-ring (bicyclic) bond motifs is 1. The minimum Gasteiger partial charge on any atom is -0.382 e. The molecule has 0 aliphatic carbocycles. The summed E-state index contributed by atoms with van der Waals surface area (Å²) in [7, 11) is -3.33. The van der Waals surface area contributed by atoms with E-state index in [4.69, 9.17) is 23.1 Å². The maximum Gasteiger partial charge on any atom is 0.227 e. The number of piperidine rings is 1. The van der Waals surface area contributed by atoms with Gasteiger partial charge >= 0.3 is 0 Å². The van der Waals surface area contributed by atoms with Crippen LogP contribution in [0.4, 0.5) is 17.3 Å². The van der Waals surface area contributed by atoms with Crippen LogP contribution in [0.3, 0.4) is 0 Å². The fourth-order valence-corrected chi connectivity index (χ4v) is 6.21. The summed E-state index contributed by atoms with van der Waals surface area (Å²) in [6.07, 6.45) is 4.56. The molecule has 3 aliphatic heterocycles. The maximum absolute atomic E-state index is 12.9. The number of nitrogens with two attached hydrogens (primary N) is 2. The number of aromatic nitrogens is 2. The van der Waals surface area contributed by atoms with Crippen LogP contribution in [0.15, 0.2) is 35.0 Å². The van der Waals surface area contributed by atoms with E-state index < -0.39 is 15.6 Å². The second-order valence-electron chi connectivity index (χ2n) is 10.6. The number of benzene rings is 1. The Labute approximate surface area is 242 Å². The van der Waals surface area contributed by atoms with Crippen LogP contribution in [0.5, 0.6) is 0 Å². The van der Waals surface area contributed by atoms with Crippen LogP contribution in [-0.2, 0) is 25.8 Å². The minimum atomic E-state index is -3.33. The van der Waals surface area contributed by atoms with Gasteiger partial charge in [-0.25, -0.2) is 18.4 Å². The highest BCUT2D eigenvalue weighted by atomic mass is 35.5. The van der Waals surface area contributed by atoms with Gasteiger partial charge in [0.2, 0.25) is 17.6 Å². The smallest absolute Gasteiger partial charge is 0.227 e. The lowest BCUT2D eigenvalue weighted by Gasteiger charge is -2.39. The molecule has 4 heterocycles. The first-order valence-electron chi connectivity index (χ1n) is 13.1. The van der Waals surface area contributed by atoms with Crippen molar-refractivity contribution in [1.29, 1.82) is 0 Å². The average Bonchev–Trinajstić information content (AvgIpc) is 3.52. The van der Waals surface area contributed by atoms with Gasteiger partial charge in [0, 0.05) is 57.0 Å². The molecule has 2 saturated heterocycles. The minimum absolute atomic E-state index is 0.0541. The zero-order chi connectivity index (χ0) is 29.5. The fourth-order valence-electron chi connectivity index (χ4n) is 5.41. The number of ketones is 1. The summed E-state index contributed by atoms with van der Waals surface area (Å²) in [6.45, 7) is 2.06. The molecular formula is C26H31ClN8O5S. The summed E-state index contributed by atoms with van der Waals surface area (Å²) in [5.74, 6) is -0.372. The van der Waals surface area contributed by atoms with Crippen molar-refractivity contribution in [1.82, 2.24) is 25.5 Å². The van der Waals surface area contributed by atoms with E-state index in [2.05, 4.69) is 20.6 Å². The lowest BCUT2D eigenvalue weighted by Crippen LogP contribution is -2.53. The summed E-state index contributed by atoms with van der Waals surface area (Å²) in [4.78, 5) is 49.9. The third-order valence-corrected chi connectivity index (χ3v) is 9.12. The number of anilines is 3. The van der Waals surface area contributed by atoms with Crippen molar-refractivity contribution < 1.29 is 22.8 Å². The standard InChI is InChI=1S/C26H31ClN8O5S/c1-41(39,40)16-2-3-17-15(12-16)6-9-35(17)21(38)5-4-20(37)34-10-7-26(8-11-34)14-30-19(33-26)13-18(36)22-24(28)32-25(29)23(27)31-22/h2-3,12-13,30,33H,4-11,14H2,1H3,(H4,28,29,32)/b19-13+. The lowest BCUT2D eigenvalue weighted by molar-refractivity contribution is -0.134. The lowest BCUT2D eigenvalue weighted by atomic mass is 9.88. The van der Waals surface area contributed by atoms with E-state index in [-0.39, 0.29) is 57.6 Å². The normalized spacial score (nSPS) is 18.7. The first-order chi connectivity index (χ1) is 19.3. The molecule has 0 unspecified atom stereocenters. The van der Waals surface area contributed by atoms with Gasteiger partial charge in [-0.15, -0.1) is 0 Å². The Morgan fingerprint density at radius 1 is 1.07 bits per heavy atom. The van der Waals surface area contributed by atoms with Gasteiger partial charge in [0.15, 0.2) is 32.3 Å². The molecule has 41 heavy (non-hydrogen) atoms. The zero-order valence-corrected chi connectivity index (χ0v) is 24.0. The quantitative estimate of drug-likeness (QED) is 0.268. The number of carbonyl (C=O) groups excluding carboxylic acids is 3. The van der Waals surface area contributed by atoms with E-state index in [1.807, 2.05) is 0 Å². The number of carbonyl (C=O) groups is 3. The van der Waals surface area contributed by atoms with Crippen molar-refractivity contribution in [2.75, 3.05) is 48.8 Å². The molecule has 1 spiro atoms. The van der Waals surface area contributed by atoms with Crippen molar-refractivity contribution in [2.45, 2.75) is 42.5 Å². The van der Waals surface area contributed by atoms with Crippen molar-refractivity contribution in [2.24, 2.45) is 0 Å². The van der Waals surface area contributed by atoms with E-state index in [0.29, 0.717) is 56.9 Å². The molecule has 13 nitrogen and oxygen atoms in total. The van der Waals surface area contributed by atoms with E-state index >= 15 is 0 Å². The van der Waals surface area contributed by atoms with Gasteiger partial charge in [-0.2, -0.15) is 0 Å². The van der Waals surface area contributed by atoms with E-state index in [9.17, 15) is 22.8 Å². The molecule has 3 aliphatic rings. The molecule has 2 amide bonds. The Morgan fingerprint density at radius 2 is 1.78 bits per heavy atom. The summed E-state index contributed by atoms with van der Waals surface area (Å²) in [6, 6.07) is 4.79. The number of nitrogens with zero attached hydrogens (tertiary/aromatic N) is 4. The Hall–Kier alpha value is -3.91. The predicted octanol–water partition coefficient (Wildman–Crippen LogP) is 0.646. The molecule has 2 aromatic rings. The predicted molar refractivity (Wildman–Crippen MR) is 153 cm³/mol. The second-order valence-corrected chi connectivity index (χ2v) is 12.9. The number of rotatable bonds is 6. The molecule has 1 aromatic carbocycles. The molecule has 0 atom stereocenters. The zero-order valence-electron chi connectivity index (χ0n) is 22.4.